The van der Waals surface area contributed by atoms with E-state index in [2.05, 4.69) is 15.3 Å². The lowest BCUT2D eigenvalue weighted by Crippen LogP contribution is -2.38. The predicted molar refractivity (Wildman–Crippen MR) is 97.0 cm³/mol. The van der Waals surface area contributed by atoms with Crippen LogP contribution in [-0.2, 0) is 13.1 Å². The molecule has 2 aromatic rings. The van der Waals surface area contributed by atoms with Gasteiger partial charge in [0.05, 0.1) is 6.54 Å². The van der Waals surface area contributed by atoms with Crippen LogP contribution in [0.1, 0.15) is 17.9 Å². The third kappa shape index (κ3) is 5.45. The number of guanidine groups is 1. The summed E-state index contributed by atoms with van der Waals surface area (Å²) in [6.07, 6.45) is 2.62. The molecule has 1 heterocycles. The molecule has 5 nitrogen and oxygen atoms in total. The maximum atomic E-state index is 12.8. The summed E-state index contributed by atoms with van der Waals surface area (Å²) < 4.78 is 26.4. The normalized spacial score (nSPS) is 11.3. The Labute approximate surface area is 151 Å². The second-order valence-corrected chi connectivity index (χ2v) is 4.77. The number of hydrogen-bond donors (Lipinski definition) is 1. The minimum Gasteiger partial charge on any atom is -0.349 e. The molecule has 1 N–H and O–H groups in total. The van der Waals surface area contributed by atoms with Crippen molar-refractivity contribution in [2.45, 2.75) is 19.6 Å². The van der Waals surface area contributed by atoms with Gasteiger partial charge in [-0.3, -0.25) is 9.56 Å². The first-order valence-electron chi connectivity index (χ1n) is 6.87. The average Bonchev–Trinajstić information content (AvgIpc) is 2.97. The second-order valence-electron chi connectivity index (χ2n) is 4.77. The van der Waals surface area contributed by atoms with Crippen LogP contribution in [0, 0.1) is 0 Å². The van der Waals surface area contributed by atoms with Crippen LogP contribution >= 0.6 is 24.0 Å². The SMILES string of the molecule is CN=C(NCc1nccn1C(F)F)N(C)Cc1ccccc1.I. The van der Waals surface area contributed by atoms with Crippen LogP contribution in [0.2, 0.25) is 0 Å². The van der Waals surface area contributed by atoms with E-state index in [0.29, 0.717) is 12.5 Å². The van der Waals surface area contributed by atoms with E-state index in [4.69, 9.17) is 0 Å². The van der Waals surface area contributed by atoms with E-state index in [1.807, 2.05) is 42.3 Å². The van der Waals surface area contributed by atoms with Gasteiger partial charge in [0.25, 0.3) is 0 Å². The molecule has 0 radical (unpaired) electrons. The van der Waals surface area contributed by atoms with E-state index < -0.39 is 6.55 Å². The molecule has 0 saturated carbocycles. The minimum absolute atomic E-state index is 0. The summed E-state index contributed by atoms with van der Waals surface area (Å²) in [5.41, 5.74) is 1.14. The van der Waals surface area contributed by atoms with Crippen molar-refractivity contribution in [3.8, 4) is 0 Å². The highest BCUT2D eigenvalue weighted by atomic mass is 127. The Morgan fingerprint density at radius 2 is 2.04 bits per heavy atom. The number of benzene rings is 1. The fraction of sp³-hybridized carbons (Fsp3) is 0.333. The van der Waals surface area contributed by atoms with Gasteiger partial charge in [0.2, 0.25) is 0 Å². The number of rotatable bonds is 5. The molecule has 0 aliphatic rings. The Kier molecular flexibility index (Phi) is 7.93. The van der Waals surface area contributed by atoms with Gasteiger partial charge < -0.3 is 10.2 Å². The lowest BCUT2D eigenvalue weighted by atomic mass is 10.2. The molecule has 1 aromatic carbocycles. The summed E-state index contributed by atoms with van der Waals surface area (Å²) in [6.45, 7) is -1.74. The van der Waals surface area contributed by atoms with Crippen molar-refractivity contribution in [3.05, 3.63) is 54.1 Å². The van der Waals surface area contributed by atoms with E-state index >= 15 is 0 Å². The summed E-state index contributed by atoms with van der Waals surface area (Å²) in [4.78, 5) is 10.0. The van der Waals surface area contributed by atoms with Crippen molar-refractivity contribution in [1.82, 2.24) is 19.8 Å². The lowest BCUT2D eigenvalue weighted by Gasteiger charge is -2.22. The van der Waals surface area contributed by atoms with Gasteiger partial charge in [0, 0.05) is 33.0 Å². The second kappa shape index (κ2) is 9.43. The molecule has 0 bridgehead atoms. The average molecular weight is 435 g/mol. The van der Waals surface area contributed by atoms with Crippen LogP contribution < -0.4 is 5.32 Å². The Bertz CT molecular complexity index is 615. The molecule has 0 unspecified atom stereocenters. The topological polar surface area (TPSA) is 45.5 Å². The summed E-state index contributed by atoms with van der Waals surface area (Å²) in [6, 6.07) is 9.94. The summed E-state index contributed by atoms with van der Waals surface area (Å²) in [5, 5.41) is 3.05. The van der Waals surface area contributed by atoms with Crippen LogP contribution in [0.15, 0.2) is 47.7 Å². The van der Waals surface area contributed by atoms with Crippen molar-refractivity contribution in [3.63, 3.8) is 0 Å². The highest BCUT2D eigenvalue weighted by molar-refractivity contribution is 14.0. The predicted octanol–water partition coefficient (Wildman–Crippen LogP) is 3.10. The van der Waals surface area contributed by atoms with Gasteiger partial charge in [-0.25, -0.2) is 4.98 Å². The van der Waals surface area contributed by atoms with Crippen molar-refractivity contribution >= 4 is 29.9 Å². The van der Waals surface area contributed by atoms with Crippen LogP contribution in [-0.4, -0.2) is 34.5 Å². The van der Waals surface area contributed by atoms with E-state index in [-0.39, 0.29) is 36.3 Å². The molecular formula is C15H20F2IN5. The zero-order chi connectivity index (χ0) is 15.9. The van der Waals surface area contributed by atoms with Gasteiger partial charge in [-0.05, 0) is 5.56 Å². The molecule has 23 heavy (non-hydrogen) atoms. The minimum atomic E-state index is -2.59. The largest absolute Gasteiger partial charge is 0.349 e. The van der Waals surface area contributed by atoms with E-state index in [1.54, 1.807) is 7.05 Å². The van der Waals surface area contributed by atoms with Gasteiger partial charge in [-0.1, -0.05) is 30.3 Å². The quantitative estimate of drug-likeness (QED) is 0.446. The maximum absolute atomic E-state index is 12.8. The molecule has 0 aliphatic heterocycles. The number of halogens is 3. The molecule has 0 amide bonds. The molecule has 0 saturated heterocycles. The molecule has 0 atom stereocenters. The highest BCUT2D eigenvalue weighted by Crippen LogP contribution is 2.12. The number of hydrogen-bond acceptors (Lipinski definition) is 2. The number of aliphatic imine (C=N–C) groups is 1. The molecule has 8 heteroatoms. The van der Waals surface area contributed by atoms with Crippen LogP contribution in [0.3, 0.4) is 0 Å². The highest BCUT2D eigenvalue weighted by Gasteiger charge is 2.12. The number of nitrogens with one attached hydrogen (secondary N) is 1. The first kappa shape index (κ1) is 19.3. The standard InChI is InChI=1S/C15H19F2N5.HI/c1-18-15(21(2)11-12-6-4-3-5-7-12)20-10-13-19-8-9-22(13)14(16)17;/h3-9,14H,10-11H2,1-2H3,(H,18,20);1H. The maximum Gasteiger partial charge on any atom is 0.319 e. The Morgan fingerprint density at radius 1 is 1.35 bits per heavy atom. The third-order valence-corrected chi connectivity index (χ3v) is 3.20. The number of aromatic nitrogens is 2. The van der Waals surface area contributed by atoms with E-state index in [0.717, 1.165) is 10.1 Å². The zero-order valence-electron chi connectivity index (χ0n) is 13.0. The van der Waals surface area contributed by atoms with Gasteiger partial charge in [0.15, 0.2) is 5.96 Å². The molecule has 0 spiro atoms. The monoisotopic (exact) mass is 435 g/mol. The van der Waals surface area contributed by atoms with Gasteiger partial charge in [0.1, 0.15) is 5.82 Å². The first-order valence-corrected chi connectivity index (χ1v) is 6.87. The smallest absolute Gasteiger partial charge is 0.319 e. The fourth-order valence-electron chi connectivity index (χ4n) is 2.13. The van der Waals surface area contributed by atoms with Gasteiger partial charge in [-0.2, -0.15) is 8.78 Å². The number of imidazole rings is 1. The molecule has 1 aromatic heterocycles. The fourth-order valence-corrected chi connectivity index (χ4v) is 2.13. The first-order chi connectivity index (χ1) is 10.6. The van der Waals surface area contributed by atoms with E-state index in [9.17, 15) is 8.78 Å². The van der Waals surface area contributed by atoms with Crippen molar-refractivity contribution in [1.29, 1.82) is 0 Å². The number of nitrogens with zero attached hydrogens (tertiary/aromatic N) is 4. The molecule has 2 rings (SSSR count). The summed E-state index contributed by atoms with van der Waals surface area (Å²) >= 11 is 0. The Balaban J connectivity index is 0.00000264. The van der Waals surface area contributed by atoms with Crippen LogP contribution in [0.4, 0.5) is 8.78 Å². The molecule has 126 valence electrons. The van der Waals surface area contributed by atoms with Gasteiger partial charge >= 0.3 is 6.55 Å². The van der Waals surface area contributed by atoms with Crippen molar-refractivity contribution in [2.75, 3.05) is 14.1 Å². The zero-order valence-corrected chi connectivity index (χ0v) is 15.3. The Hall–Kier alpha value is -1.71. The molecule has 0 fully saturated rings. The van der Waals surface area contributed by atoms with Crippen LogP contribution in [0.25, 0.3) is 0 Å². The molecular weight excluding hydrogens is 415 g/mol. The van der Waals surface area contributed by atoms with Crippen LogP contribution in [0.5, 0.6) is 0 Å². The number of alkyl halides is 2. The summed E-state index contributed by atoms with van der Waals surface area (Å²) in [7, 11) is 3.55. The third-order valence-electron chi connectivity index (χ3n) is 3.20. The summed E-state index contributed by atoms with van der Waals surface area (Å²) in [5.74, 6) is 0.886. The molecule has 0 aliphatic carbocycles. The van der Waals surface area contributed by atoms with Gasteiger partial charge in [-0.15, -0.1) is 24.0 Å². The van der Waals surface area contributed by atoms with Crippen molar-refractivity contribution in [2.24, 2.45) is 4.99 Å². The van der Waals surface area contributed by atoms with Crippen molar-refractivity contribution < 1.29 is 8.78 Å². The lowest BCUT2D eigenvalue weighted by molar-refractivity contribution is 0.0668. The Morgan fingerprint density at radius 3 is 2.65 bits per heavy atom. The van der Waals surface area contributed by atoms with E-state index in [1.165, 1.54) is 12.4 Å².